The molecule has 0 bridgehead atoms. The summed E-state index contributed by atoms with van der Waals surface area (Å²) in [4.78, 5) is 11.0. The van der Waals surface area contributed by atoms with Crippen molar-refractivity contribution in [1.82, 2.24) is 0 Å². The van der Waals surface area contributed by atoms with Crippen LogP contribution in [0.5, 0.6) is 5.75 Å². The summed E-state index contributed by atoms with van der Waals surface area (Å²) in [6, 6.07) is 4.10. The molecular weight excluding hydrogens is 200 g/mol. The van der Waals surface area contributed by atoms with E-state index >= 15 is 0 Å². The number of hydrogen-bond donors (Lipinski definition) is 0. The van der Waals surface area contributed by atoms with E-state index in [0.29, 0.717) is 6.61 Å². The molecule has 0 aliphatic carbocycles. The molecular formula is C14H20O2. The van der Waals surface area contributed by atoms with Gasteiger partial charge in [0.05, 0.1) is 6.61 Å². The van der Waals surface area contributed by atoms with Crippen molar-refractivity contribution in [3.63, 3.8) is 0 Å². The Balaban J connectivity index is 3.13. The molecule has 16 heavy (non-hydrogen) atoms. The first kappa shape index (κ1) is 12.8. The standard InChI is InChI=1S/C14H20O2/c1-5-12(9-15)13-7-11(4)14(16-6-2)8-10(13)3/h7-9,12H,5-6H2,1-4H3. The predicted molar refractivity (Wildman–Crippen MR) is 66.2 cm³/mol. The summed E-state index contributed by atoms with van der Waals surface area (Å²) in [5, 5.41) is 0. The molecule has 1 aromatic rings. The lowest BCUT2D eigenvalue weighted by molar-refractivity contribution is -0.109. The monoisotopic (exact) mass is 220 g/mol. The lowest BCUT2D eigenvalue weighted by Gasteiger charge is -2.15. The van der Waals surface area contributed by atoms with Crippen LogP contribution in [-0.4, -0.2) is 12.9 Å². The molecule has 0 N–H and O–H groups in total. The average molecular weight is 220 g/mol. The molecule has 0 aliphatic heterocycles. The highest BCUT2D eigenvalue weighted by Crippen LogP contribution is 2.28. The topological polar surface area (TPSA) is 26.3 Å². The van der Waals surface area contributed by atoms with E-state index in [1.54, 1.807) is 0 Å². The zero-order chi connectivity index (χ0) is 12.1. The van der Waals surface area contributed by atoms with Crippen molar-refractivity contribution in [3.05, 3.63) is 28.8 Å². The first-order valence-electron chi connectivity index (χ1n) is 5.83. The smallest absolute Gasteiger partial charge is 0.127 e. The third-order valence-electron chi connectivity index (χ3n) is 2.87. The molecule has 2 heteroatoms. The molecule has 88 valence electrons. The molecule has 0 heterocycles. The van der Waals surface area contributed by atoms with Gasteiger partial charge in [-0.2, -0.15) is 0 Å². The van der Waals surface area contributed by atoms with Crippen molar-refractivity contribution in [2.24, 2.45) is 0 Å². The number of benzene rings is 1. The SMILES string of the molecule is CCOc1cc(C)c(C(C=O)CC)cc1C. The fourth-order valence-corrected chi connectivity index (χ4v) is 1.91. The number of aryl methyl sites for hydroxylation is 2. The van der Waals surface area contributed by atoms with Crippen LogP contribution < -0.4 is 4.74 Å². The maximum atomic E-state index is 11.0. The molecule has 0 aliphatic rings. The Labute approximate surface area is 97.6 Å². The summed E-state index contributed by atoms with van der Waals surface area (Å²) in [5.41, 5.74) is 3.36. The van der Waals surface area contributed by atoms with E-state index in [1.165, 1.54) is 0 Å². The predicted octanol–water partition coefficient (Wildman–Crippen LogP) is 3.39. The minimum absolute atomic E-state index is 0.00868. The number of carbonyl (C=O) groups is 1. The third-order valence-corrected chi connectivity index (χ3v) is 2.87. The van der Waals surface area contributed by atoms with E-state index < -0.39 is 0 Å². The average Bonchev–Trinajstić information content (AvgIpc) is 2.26. The van der Waals surface area contributed by atoms with E-state index in [-0.39, 0.29) is 5.92 Å². The first-order valence-corrected chi connectivity index (χ1v) is 5.83. The maximum Gasteiger partial charge on any atom is 0.127 e. The number of carbonyl (C=O) groups excluding carboxylic acids is 1. The number of ether oxygens (including phenoxy) is 1. The van der Waals surface area contributed by atoms with Crippen LogP contribution in [-0.2, 0) is 4.79 Å². The van der Waals surface area contributed by atoms with Gasteiger partial charge in [0.25, 0.3) is 0 Å². The van der Waals surface area contributed by atoms with E-state index in [9.17, 15) is 4.79 Å². The molecule has 0 saturated carbocycles. The minimum Gasteiger partial charge on any atom is -0.494 e. The van der Waals surface area contributed by atoms with Gasteiger partial charge < -0.3 is 9.53 Å². The third kappa shape index (κ3) is 2.63. The summed E-state index contributed by atoms with van der Waals surface area (Å²) >= 11 is 0. The highest BCUT2D eigenvalue weighted by molar-refractivity contribution is 5.64. The van der Waals surface area contributed by atoms with Crippen LogP contribution >= 0.6 is 0 Å². The molecule has 0 aromatic heterocycles. The van der Waals surface area contributed by atoms with Crippen LogP contribution in [0.15, 0.2) is 12.1 Å². The van der Waals surface area contributed by atoms with Gasteiger partial charge in [0.2, 0.25) is 0 Å². The highest BCUT2D eigenvalue weighted by atomic mass is 16.5. The van der Waals surface area contributed by atoms with Crippen LogP contribution in [0, 0.1) is 13.8 Å². The second kappa shape index (κ2) is 5.69. The summed E-state index contributed by atoms with van der Waals surface area (Å²) in [7, 11) is 0. The Morgan fingerprint density at radius 2 is 1.94 bits per heavy atom. The Hall–Kier alpha value is -1.31. The van der Waals surface area contributed by atoms with Gasteiger partial charge in [-0.25, -0.2) is 0 Å². The van der Waals surface area contributed by atoms with Gasteiger partial charge in [-0.1, -0.05) is 13.0 Å². The summed E-state index contributed by atoms with van der Waals surface area (Å²) in [6.07, 6.45) is 1.87. The molecule has 0 saturated heterocycles. The zero-order valence-corrected chi connectivity index (χ0v) is 10.5. The Morgan fingerprint density at radius 1 is 1.25 bits per heavy atom. The van der Waals surface area contributed by atoms with Crippen molar-refractivity contribution >= 4 is 6.29 Å². The van der Waals surface area contributed by atoms with E-state index in [1.807, 2.05) is 33.8 Å². The van der Waals surface area contributed by atoms with Crippen molar-refractivity contribution < 1.29 is 9.53 Å². The molecule has 1 rings (SSSR count). The second-order valence-electron chi connectivity index (χ2n) is 4.06. The second-order valence-corrected chi connectivity index (χ2v) is 4.06. The molecule has 0 spiro atoms. The largest absolute Gasteiger partial charge is 0.494 e. The van der Waals surface area contributed by atoms with Crippen molar-refractivity contribution in [2.75, 3.05) is 6.61 Å². The maximum absolute atomic E-state index is 11.0. The highest BCUT2D eigenvalue weighted by Gasteiger charge is 2.13. The molecule has 1 atom stereocenters. The van der Waals surface area contributed by atoms with Crippen molar-refractivity contribution in [1.29, 1.82) is 0 Å². The molecule has 1 aromatic carbocycles. The van der Waals surface area contributed by atoms with Gasteiger partial charge in [-0.3, -0.25) is 0 Å². The van der Waals surface area contributed by atoms with Crippen LogP contribution in [0.4, 0.5) is 0 Å². The van der Waals surface area contributed by atoms with Gasteiger partial charge in [0.15, 0.2) is 0 Å². The van der Waals surface area contributed by atoms with Crippen LogP contribution in [0.1, 0.15) is 42.9 Å². The molecule has 1 unspecified atom stereocenters. The van der Waals surface area contributed by atoms with Crippen molar-refractivity contribution in [3.8, 4) is 5.75 Å². The normalized spacial score (nSPS) is 12.2. The quantitative estimate of drug-likeness (QED) is 0.711. The minimum atomic E-state index is 0.00868. The number of rotatable bonds is 5. The van der Waals surface area contributed by atoms with Gasteiger partial charge in [-0.05, 0) is 49.9 Å². The summed E-state index contributed by atoms with van der Waals surface area (Å²) in [6.45, 7) is 8.73. The molecule has 0 amide bonds. The summed E-state index contributed by atoms with van der Waals surface area (Å²) in [5.74, 6) is 0.930. The van der Waals surface area contributed by atoms with E-state index in [2.05, 4.69) is 6.07 Å². The fourth-order valence-electron chi connectivity index (χ4n) is 1.91. The van der Waals surface area contributed by atoms with Crippen LogP contribution in [0.25, 0.3) is 0 Å². The van der Waals surface area contributed by atoms with Gasteiger partial charge in [0.1, 0.15) is 12.0 Å². The lowest BCUT2D eigenvalue weighted by atomic mass is 9.92. The van der Waals surface area contributed by atoms with Gasteiger partial charge >= 0.3 is 0 Å². The van der Waals surface area contributed by atoms with Crippen LogP contribution in [0.2, 0.25) is 0 Å². The molecule has 0 radical (unpaired) electrons. The van der Waals surface area contributed by atoms with Crippen LogP contribution in [0.3, 0.4) is 0 Å². The fraction of sp³-hybridized carbons (Fsp3) is 0.500. The molecule has 2 nitrogen and oxygen atoms in total. The Morgan fingerprint density at radius 3 is 2.44 bits per heavy atom. The first-order chi connectivity index (χ1) is 7.63. The molecule has 0 fully saturated rings. The van der Waals surface area contributed by atoms with E-state index in [4.69, 9.17) is 4.74 Å². The van der Waals surface area contributed by atoms with E-state index in [0.717, 1.165) is 35.1 Å². The summed E-state index contributed by atoms with van der Waals surface area (Å²) < 4.78 is 5.53. The number of hydrogen-bond acceptors (Lipinski definition) is 2. The Bertz CT molecular complexity index is 369. The van der Waals surface area contributed by atoms with Gasteiger partial charge in [0, 0.05) is 5.92 Å². The number of aldehydes is 1. The zero-order valence-electron chi connectivity index (χ0n) is 10.5. The van der Waals surface area contributed by atoms with Gasteiger partial charge in [-0.15, -0.1) is 0 Å². The lowest BCUT2D eigenvalue weighted by Crippen LogP contribution is -2.03. The van der Waals surface area contributed by atoms with Crippen molar-refractivity contribution in [2.45, 2.75) is 40.0 Å². The Kier molecular flexibility index (Phi) is 4.53.